The average molecular weight is 452 g/mol. The third-order valence-corrected chi connectivity index (χ3v) is 6.58. The van der Waals surface area contributed by atoms with Crippen molar-refractivity contribution >= 4 is 11.8 Å². The molecule has 1 rings (SSSR count). The molecule has 0 aliphatic carbocycles. The van der Waals surface area contributed by atoms with Crippen LogP contribution in [0.25, 0.3) is 0 Å². The Bertz CT molecular complexity index is 380. The highest BCUT2D eigenvalue weighted by atomic mass is 32.2. The van der Waals surface area contributed by atoms with Crippen LogP contribution in [0.3, 0.4) is 0 Å². The summed E-state index contributed by atoms with van der Waals surface area (Å²) in [5.74, 6) is 0.891. The highest BCUT2D eigenvalue weighted by Crippen LogP contribution is 2.28. The van der Waals surface area contributed by atoms with Crippen LogP contribution >= 0.6 is 11.8 Å². The first-order valence-corrected chi connectivity index (χ1v) is 12.5. The van der Waals surface area contributed by atoms with Crippen LogP contribution in [0.2, 0.25) is 0 Å². The fourth-order valence-corrected chi connectivity index (χ4v) is 4.46. The third kappa shape index (κ3) is 12.2. The van der Waals surface area contributed by atoms with Gasteiger partial charge in [-0.3, -0.25) is 4.90 Å². The van der Waals surface area contributed by atoms with Gasteiger partial charge >= 0.3 is 0 Å². The molecule has 1 fully saturated rings. The van der Waals surface area contributed by atoms with Gasteiger partial charge in [0.05, 0.1) is 71.7 Å². The summed E-state index contributed by atoms with van der Waals surface area (Å²) in [6, 6.07) is 0.0577. The number of nitrogens with zero attached hydrogens (tertiary/aromatic N) is 1. The average Bonchev–Trinajstić information content (AvgIpc) is 2.74. The zero-order chi connectivity index (χ0) is 22.1. The van der Waals surface area contributed by atoms with Crippen molar-refractivity contribution in [3.63, 3.8) is 0 Å². The molecule has 0 spiro atoms. The zero-order valence-electron chi connectivity index (χ0n) is 19.6. The minimum absolute atomic E-state index is 0.0577. The van der Waals surface area contributed by atoms with E-state index in [1.807, 2.05) is 11.8 Å². The molecule has 180 valence electrons. The molecular weight excluding hydrogens is 406 g/mol. The summed E-state index contributed by atoms with van der Waals surface area (Å²) in [5.41, 5.74) is -0.717. The molecule has 0 bridgehead atoms. The summed E-state index contributed by atoms with van der Waals surface area (Å²) in [4.78, 5) is 2.35. The summed E-state index contributed by atoms with van der Waals surface area (Å²) >= 11 is 1.90. The van der Waals surface area contributed by atoms with E-state index in [2.05, 4.69) is 32.6 Å². The fourth-order valence-electron chi connectivity index (χ4n) is 3.37. The Kier molecular flexibility index (Phi) is 16.5. The van der Waals surface area contributed by atoms with E-state index in [0.717, 1.165) is 31.7 Å². The maximum atomic E-state index is 11.4. The van der Waals surface area contributed by atoms with Gasteiger partial charge in [0.15, 0.2) is 0 Å². The van der Waals surface area contributed by atoms with Gasteiger partial charge in [-0.15, -0.1) is 0 Å². The van der Waals surface area contributed by atoms with E-state index in [1.54, 1.807) is 0 Å². The van der Waals surface area contributed by atoms with Gasteiger partial charge in [0.25, 0.3) is 0 Å². The lowest BCUT2D eigenvalue weighted by atomic mass is 9.88. The van der Waals surface area contributed by atoms with E-state index in [1.165, 1.54) is 0 Å². The molecule has 0 aromatic rings. The topological polar surface area (TPSA) is 69.6 Å². The fraction of sp³-hybridized carbons (Fsp3) is 1.00. The van der Waals surface area contributed by atoms with Gasteiger partial charge in [-0.25, -0.2) is 0 Å². The van der Waals surface area contributed by atoms with Gasteiger partial charge < -0.3 is 28.8 Å². The van der Waals surface area contributed by atoms with E-state index >= 15 is 0 Å². The SMILES string of the molecule is CCC(O)(CC)[C@H](CSC(C)C)N1CCOCCOCCOCCOCCOCC1. The molecule has 1 heterocycles. The predicted octanol–water partition coefficient (Wildman–Crippen LogP) is 2.45. The molecule has 1 N–H and O–H groups in total. The van der Waals surface area contributed by atoms with E-state index in [9.17, 15) is 5.11 Å². The molecule has 0 aromatic carbocycles. The van der Waals surface area contributed by atoms with E-state index in [0.29, 0.717) is 71.3 Å². The van der Waals surface area contributed by atoms with Crippen LogP contribution in [0.5, 0.6) is 0 Å². The van der Waals surface area contributed by atoms with Gasteiger partial charge in [0.1, 0.15) is 0 Å². The van der Waals surface area contributed by atoms with Crippen molar-refractivity contribution < 1.29 is 28.8 Å². The summed E-state index contributed by atoms with van der Waals surface area (Å²) < 4.78 is 28.1. The molecule has 0 amide bonds. The van der Waals surface area contributed by atoms with E-state index in [4.69, 9.17) is 23.7 Å². The molecule has 7 nitrogen and oxygen atoms in total. The third-order valence-electron chi connectivity index (χ3n) is 5.41. The summed E-state index contributed by atoms with van der Waals surface area (Å²) in [6.07, 6.45) is 1.46. The van der Waals surface area contributed by atoms with Crippen LogP contribution in [0.4, 0.5) is 0 Å². The monoisotopic (exact) mass is 451 g/mol. The second-order valence-corrected chi connectivity index (χ2v) is 9.42. The van der Waals surface area contributed by atoms with Crippen molar-refractivity contribution in [1.29, 1.82) is 0 Å². The first-order valence-electron chi connectivity index (χ1n) is 11.5. The number of thioether (sulfide) groups is 1. The van der Waals surface area contributed by atoms with Crippen molar-refractivity contribution in [1.82, 2.24) is 4.90 Å². The van der Waals surface area contributed by atoms with Gasteiger partial charge in [-0.05, 0) is 18.1 Å². The van der Waals surface area contributed by atoms with Gasteiger partial charge in [0, 0.05) is 24.9 Å². The van der Waals surface area contributed by atoms with Crippen LogP contribution < -0.4 is 0 Å². The van der Waals surface area contributed by atoms with E-state index in [-0.39, 0.29) is 6.04 Å². The Morgan fingerprint density at radius 2 is 1.10 bits per heavy atom. The molecule has 1 atom stereocenters. The van der Waals surface area contributed by atoms with Crippen LogP contribution in [-0.2, 0) is 23.7 Å². The molecule has 1 aliphatic rings. The molecule has 0 unspecified atom stereocenters. The number of rotatable bonds is 7. The summed E-state index contributed by atoms with van der Waals surface area (Å²) in [7, 11) is 0. The molecule has 1 saturated heterocycles. The Labute approximate surface area is 188 Å². The van der Waals surface area contributed by atoms with E-state index < -0.39 is 5.60 Å². The van der Waals surface area contributed by atoms with Crippen LogP contribution in [0.1, 0.15) is 40.5 Å². The Morgan fingerprint density at radius 3 is 1.43 bits per heavy atom. The second kappa shape index (κ2) is 17.6. The highest BCUT2D eigenvalue weighted by Gasteiger charge is 2.37. The number of ether oxygens (including phenoxy) is 5. The number of hydrogen-bond donors (Lipinski definition) is 1. The van der Waals surface area contributed by atoms with Gasteiger partial charge in [-0.2, -0.15) is 11.8 Å². The van der Waals surface area contributed by atoms with Crippen molar-refractivity contribution in [3.8, 4) is 0 Å². The maximum absolute atomic E-state index is 11.4. The largest absolute Gasteiger partial charge is 0.388 e. The standard InChI is InChI=1S/C22H45NO6S/c1-5-22(24,6-2)21(19-30-20(3)4)23-7-9-25-11-13-27-15-17-29-18-16-28-14-12-26-10-8-23/h20-21,24H,5-19H2,1-4H3/t21-/m0/s1. The smallest absolute Gasteiger partial charge is 0.0805 e. The normalized spacial score (nSPS) is 21.8. The van der Waals surface area contributed by atoms with Crippen LogP contribution in [-0.4, -0.2) is 112 Å². The minimum atomic E-state index is -0.717. The first-order chi connectivity index (χ1) is 14.5. The predicted molar refractivity (Wildman–Crippen MR) is 123 cm³/mol. The van der Waals surface area contributed by atoms with Crippen LogP contribution in [0.15, 0.2) is 0 Å². The Hall–Kier alpha value is 0.0700. The number of aliphatic hydroxyl groups is 1. The Morgan fingerprint density at radius 1 is 0.733 bits per heavy atom. The second-order valence-electron chi connectivity index (χ2n) is 7.81. The lowest BCUT2D eigenvalue weighted by molar-refractivity contribution is -0.0630. The molecule has 1 aliphatic heterocycles. The highest BCUT2D eigenvalue weighted by molar-refractivity contribution is 7.99. The summed E-state index contributed by atoms with van der Waals surface area (Å²) in [6.45, 7) is 15.8. The molecule has 0 radical (unpaired) electrons. The summed E-state index contributed by atoms with van der Waals surface area (Å²) in [5, 5.41) is 11.9. The first kappa shape index (κ1) is 28.1. The molecule has 0 saturated carbocycles. The van der Waals surface area contributed by atoms with Crippen LogP contribution in [0, 0.1) is 0 Å². The molecular formula is C22H45NO6S. The zero-order valence-corrected chi connectivity index (χ0v) is 20.4. The molecule has 8 heteroatoms. The lowest BCUT2D eigenvalue weighted by Crippen LogP contribution is -2.55. The van der Waals surface area contributed by atoms with Crippen molar-refractivity contribution in [3.05, 3.63) is 0 Å². The number of hydrogen-bond acceptors (Lipinski definition) is 8. The lowest BCUT2D eigenvalue weighted by Gasteiger charge is -2.42. The van der Waals surface area contributed by atoms with Crippen molar-refractivity contribution in [2.75, 3.05) is 84.9 Å². The molecule has 30 heavy (non-hydrogen) atoms. The van der Waals surface area contributed by atoms with Gasteiger partial charge in [-0.1, -0.05) is 27.7 Å². The van der Waals surface area contributed by atoms with Crippen molar-refractivity contribution in [2.45, 2.75) is 57.4 Å². The minimum Gasteiger partial charge on any atom is -0.388 e. The Balaban J connectivity index is 2.72. The van der Waals surface area contributed by atoms with Gasteiger partial charge in [0.2, 0.25) is 0 Å². The maximum Gasteiger partial charge on any atom is 0.0805 e. The quantitative estimate of drug-likeness (QED) is 0.633. The van der Waals surface area contributed by atoms with Crippen molar-refractivity contribution in [2.24, 2.45) is 0 Å². The molecule has 0 aromatic heterocycles.